The highest BCUT2D eigenvalue weighted by Gasteiger charge is 2.00. The van der Waals surface area contributed by atoms with Crippen molar-refractivity contribution in [2.24, 2.45) is 10.8 Å². The van der Waals surface area contributed by atoms with Crippen molar-refractivity contribution in [1.82, 2.24) is 9.89 Å². The van der Waals surface area contributed by atoms with Crippen LogP contribution in [0.3, 0.4) is 0 Å². The summed E-state index contributed by atoms with van der Waals surface area (Å²) in [5, 5.41) is 22.4. The van der Waals surface area contributed by atoms with Crippen LogP contribution in [0.5, 0.6) is 0 Å². The van der Waals surface area contributed by atoms with Crippen molar-refractivity contribution in [3.63, 3.8) is 0 Å². The molecular formula is C6H9N5O3. The standard InChI is InChI=1S/C6H9N4.NO3/c1-5-3-6(2)10(9-5)8-4-7;2-1(3)4/h3H,1-2H3,(H2,7,8);/q+1;-1. The number of hydrogen-bond acceptors (Lipinski definition) is 5. The van der Waals surface area contributed by atoms with E-state index in [1.807, 2.05) is 19.9 Å². The van der Waals surface area contributed by atoms with E-state index in [0.717, 1.165) is 11.4 Å². The van der Waals surface area contributed by atoms with Crippen LogP contribution in [0.4, 0.5) is 0 Å². The van der Waals surface area contributed by atoms with E-state index in [-0.39, 0.29) is 0 Å². The summed E-state index contributed by atoms with van der Waals surface area (Å²) in [5.74, 6) is 0. The van der Waals surface area contributed by atoms with Gasteiger partial charge in [-0.2, -0.15) is 10.8 Å². The number of hydrogen-bond donors (Lipinski definition) is 1. The zero-order valence-corrected chi connectivity index (χ0v) is 7.67. The van der Waals surface area contributed by atoms with E-state index in [2.05, 4.69) is 16.5 Å². The second-order valence-electron chi connectivity index (χ2n) is 2.27. The Morgan fingerprint density at radius 1 is 1.64 bits per heavy atom. The second kappa shape index (κ2) is 5.44. The van der Waals surface area contributed by atoms with Crippen LogP contribution in [0, 0.1) is 29.2 Å². The maximum atomic E-state index is 8.25. The quantitative estimate of drug-likeness (QED) is 0.169. The number of nitrogens with two attached hydrogens (primary N) is 1. The van der Waals surface area contributed by atoms with Gasteiger partial charge >= 0.3 is 6.34 Å². The molecule has 1 aromatic heterocycles. The first-order chi connectivity index (χ1) is 6.47. The Kier molecular flexibility index (Phi) is 4.58. The molecule has 1 aromatic rings. The molecule has 8 nitrogen and oxygen atoms in total. The van der Waals surface area contributed by atoms with E-state index >= 15 is 0 Å². The molecule has 2 N–H and O–H groups in total. The van der Waals surface area contributed by atoms with Crippen molar-refractivity contribution < 1.29 is 5.09 Å². The van der Waals surface area contributed by atoms with Gasteiger partial charge in [0, 0.05) is 0 Å². The molecular weight excluding hydrogens is 190 g/mol. The lowest BCUT2D eigenvalue weighted by Crippen LogP contribution is -1.98. The van der Waals surface area contributed by atoms with Gasteiger partial charge in [0.1, 0.15) is 5.10 Å². The normalized spacial score (nSPS) is 9.00. The lowest BCUT2D eigenvalue weighted by Gasteiger charge is -1.82. The van der Waals surface area contributed by atoms with Crippen LogP contribution in [0.25, 0.3) is 0 Å². The minimum Gasteiger partial charge on any atom is -0.356 e. The summed E-state index contributed by atoms with van der Waals surface area (Å²) in [7, 11) is 0. The maximum absolute atomic E-state index is 8.25. The number of rotatable bonds is 1. The molecule has 1 rings (SSSR count). The van der Waals surface area contributed by atoms with E-state index < -0.39 is 5.09 Å². The molecule has 1 heterocycles. The lowest BCUT2D eigenvalue weighted by molar-refractivity contribution is -0.402. The molecule has 0 fully saturated rings. The fourth-order valence-electron chi connectivity index (χ4n) is 0.773. The molecule has 0 spiro atoms. The molecule has 0 amide bonds. The monoisotopic (exact) mass is 199 g/mol. The molecule has 0 aliphatic rings. The van der Waals surface area contributed by atoms with Gasteiger partial charge in [0.05, 0.1) is 16.5 Å². The van der Waals surface area contributed by atoms with Crippen LogP contribution >= 0.6 is 0 Å². The van der Waals surface area contributed by atoms with E-state index in [1.165, 1.54) is 4.79 Å². The topological polar surface area (TPSA) is 122 Å². The highest BCUT2D eigenvalue weighted by molar-refractivity contribution is 5.50. The van der Waals surface area contributed by atoms with Crippen molar-refractivity contribution in [3.05, 3.63) is 32.8 Å². The number of aromatic nitrogens is 2. The maximum Gasteiger partial charge on any atom is 0.538 e. The second-order valence-corrected chi connectivity index (χ2v) is 2.27. The summed E-state index contributed by atoms with van der Waals surface area (Å²) in [5.41, 5.74) is 6.84. The van der Waals surface area contributed by atoms with E-state index in [4.69, 9.17) is 21.1 Å². The minimum atomic E-state index is -1.75. The van der Waals surface area contributed by atoms with Gasteiger partial charge in [0.25, 0.3) is 0 Å². The van der Waals surface area contributed by atoms with Gasteiger partial charge in [-0.25, -0.2) is 0 Å². The molecule has 0 unspecified atom stereocenters. The fourth-order valence-corrected chi connectivity index (χ4v) is 0.773. The first-order valence-corrected chi connectivity index (χ1v) is 3.48. The summed E-state index contributed by atoms with van der Waals surface area (Å²) < 4.78 is 0. The minimum absolute atomic E-state index is 0.927. The average Bonchev–Trinajstić information content (AvgIpc) is 2.30. The third kappa shape index (κ3) is 4.62. The molecule has 0 aliphatic heterocycles. The van der Waals surface area contributed by atoms with Crippen molar-refractivity contribution in [2.75, 3.05) is 0 Å². The third-order valence-corrected chi connectivity index (χ3v) is 1.14. The highest BCUT2D eigenvalue weighted by atomic mass is 16.9. The molecule has 0 saturated carbocycles. The number of aryl methyl sites for hydroxylation is 2. The Bertz CT molecular complexity index is 328. The predicted molar refractivity (Wildman–Crippen MR) is 49.1 cm³/mol. The van der Waals surface area contributed by atoms with Crippen molar-refractivity contribution in [3.8, 4) is 0 Å². The summed E-state index contributed by atoms with van der Waals surface area (Å²) in [4.78, 5) is 9.69. The van der Waals surface area contributed by atoms with E-state index in [1.54, 1.807) is 0 Å². The zero-order chi connectivity index (χ0) is 11.1. The van der Waals surface area contributed by atoms with Crippen LogP contribution < -0.4 is 5.73 Å². The van der Waals surface area contributed by atoms with Gasteiger partial charge < -0.3 is 15.3 Å². The molecule has 8 heteroatoms. The lowest BCUT2D eigenvalue weighted by atomic mass is 10.4. The Labute approximate surface area is 79.7 Å². The Morgan fingerprint density at radius 3 is 2.43 bits per heavy atom. The molecule has 14 heavy (non-hydrogen) atoms. The van der Waals surface area contributed by atoms with Crippen LogP contribution in [-0.2, 0) is 0 Å². The average molecular weight is 199 g/mol. The molecule has 76 valence electrons. The molecule has 0 aliphatic carbocycles. The fraction of sp³-hybridized carbons (Fsp3) is 0.333. The Morgan fingerprint density at radius 2 is 2.14 bits per heavy atom. The molecule has 0 radical (unpaired) electrons. The smallest absolute Gasteiger partial charge is 0.356 e. The van der Waals surface area contributed by atoms with Crippen molar-refractivity contribution >= 4 is 6.34 Å². The summed E-state index contributed by atoms with van der Waals surface area (Å²) in [6.07, 6.45) is 2.16. The van der Waals surface area contributed by atoms with Crippen LogP contribution in [0.2, 0.25) is 0 Å². The number of nitrogens with zero attached hydrogens (tertiary/aromatic N) is 4. The zero-order valence-electron chi connectivity index (χ0n) is 7.67. The first-order valence-electron chi connectivity index (χ1n) is 3.48. The SMILES string of the molecule is Cc1cc(C)n(N=[C+]N)n1.O=[N+]([O-])[O-]. The van der Waals surface area contributed by atoms with Crippen LogP contribution in [0.15, 0.2) is 11.2 Å². The molecule has 0 bridgehead atoms. The highest BCUT2D eigenvalue weighted by Crippen LogP contribution is 1.99. The van der Waals surface area contributed by atoms with Gasteiger partial charge in [-0.05, 0) is 19.9 Å². The largest absolute Gasteiger partial charge is 0.538 e. The van der Waals surface area contributed by atoms with Gasteiger partial charge in [0.15, 0.2) is 0 Å². The first kappa shape index (κ1) is 11.8. The van der Waals surface area contributed by atoms with Crippen molar-refractivity contribution in [1.29, 1.82) is 0 Å². The van der Waals surface area contributed by atoms with Gasteiger partial charge in [-0.3, -0.25) is 0 Å². The Balaban J connectivity index is 0.000000364. The van der Waals surface area contributed by atoms with E-state index in [9.17, 15) is 0 Å². The van der Waals surface area contributed by atoms with E-state index in [0.29, 0.717) is 0 Å². The summed E-state index contributed by atoms with van der Waals surface area (Å²) in [6.45, 7) is 3.80. The molecule has 0 atom stereocenters. The summed E-state index contributed by atoms with van der Waals surface area (Å²) >= 11 is 0. The predicted octanol–water partition coefficient (Wildman–Crippen LogP) is -0.112. The van der Waals surface area contributed by atoms with Gasteiger partial charge in [-0.1, -0.05) is 0 Å². The van der Waals surface area contributed by atoms with Crippen molar-refractivity contribution in [2.45, 2.75) is 13.8 Å². The van der Waals surface area contributed by atoms with Crippen LogP contribution in [0.1, 0.15) is 11.4 Å². The van der Waals surface area contributed by atoms with Gasteiger partial charge in [-0.15, -0.1) is 4.79 Å². The molecule has 0 saturated heterocycles. The Hall–Kier alpha value is -2.21. The third-order valence-electron chi connectivity index (χ3n) is 1.14. The molecule has 0 aromatic carbocycles. The summed E-state index contributed by atoms with van der Waals surface area (Å²) in [6, 6.07) is 1.92. The van der Waals surface area contributed by atoms with Gasteiger partial charge in [0.2, 0.25) is 0 Å². The van der Waals surface area contributed by atoms with Crippen LogP contribution in [-0.4, -0.2) is 21.3 Å².